The Kier molecular flexibility index (Phi) is 7.85. The highest BCUT2D eigenvalue weighted by molar-refractivity contribution is 7.99. The van der Waals surface area contributed by atoms with E-state index in [2.05, 4.69) is 10.2 Å². The van der Waals surface area contributed by atoms with Gasteiger partial charge in [0.1, 0.15) is 0 Å². The van der Waals surface area contributed by atoms with E-state index in [1.807, 2.05) is 59.3 Å². The van der Waals surface area contributed by atoms with Gasteiger partial charge in [-0.3, -0.25) is 14.2 Å². The molecular formula is C26H23Cl2N5O2S2. The van der Waals surface area contributed by atoms with E-state index in [0.29, 0.717) is 40.4 Å². The first-order valence-electron chi connectivity index (χ1n) is 11.6. The predicted molar refractivity (Wildman–Crippen MR) is 149 cm³/mol. The molecule has 1 aliphatic heterocycles. The third kappa shape index (κ3) is 5.55. The number of rotatable bonds is 6. The van der Waals surface area contributed by atoms with Crippen LogP contribution >= 0.6 is 46.3 Å². The van der Waals surface area contributed by atoms with Crippen molar-refractivity contribution in [2.45, 2.75) is 18.1 Å². The van der Waals surface area contributed by atoms with E-state index in [1.54, 1.807) is 39.3 Å². The summed E-state index contributed by atoms with van der Waals surface area (Å²) in [6, 6.07) is 18.6. The number of hydrogen-bond acceptors (Lipinski definition) is 6. The van der Waals surface area contributed by atoms with Crippen molar-refractivity contribution in [2.24, 2.45) is 0 Å². The fourth-order valence-electron chi connectivity index (χ4n) is 4.24. The van der Waals surface area contributed by atoms with Gasteiger partial charge < -0.3 is 9.80 Å². The normalized spacial score (nSPS) is 15.7. The molecular weight excluding hydrogens is 549 g/mol. The Morgan fingerprint density at radius 1 is 1.03 bits per heavy atom. The summed E-state index contributed by atoms with van der Waals surface area (Å²) in [7, 11) is 0. The highest BCUT2D eigenvalue weighted by atomic mass is 35.5. The molecule has 190 valence electrons. The standard InChI is InChI=1S/C26H23Cl2N5O2S2/c1-17-15-31(11-12-32(17)25(35)18-9-10-20(27)21(28)14-18)23(34)16-37-26-30-29-24(22-8-5-13-36-22)33(26)19-6-3-2-4-7-19/h2-10,13-14,17H,11-12,15-16H2,1H3. The Hall–Kier alpha value is -2.85. The van der Waals surface area contributed by atoms with Gasteiger partial charge in [-0.25, -0.2) is 0 Å². The lowest BCUT2D eigenvalue weighted by Gasteiger charge is -2.40. The molecule has 4 aromatic rings. The molecule has 0 aliphatic carbocycles. The Morgan fingerprint density at radius 2 is 1.84 bits per heavy atom. The maximum atomic E-state index is 13.1. The van der Waals surface area contributed by atoms with E-state index in [9.17, 15) is 9.59 Å². The molecule has 1 unspecified atom stereocenters. The summed E-state index contributed by atoms with van der Waals surface area (Å²) >= 11 is 15.0. The number of aromatic nitrogens is 3. The second-order valence-corrected chi connectivity index (χ2v) is 11.3. The summed E-state index contributed by atoms with van der Waals surface area (Å²) in [4.78, 5) is 30.8. The van der Waals surface area contributed by atoms with E-state index >= 15 is 0 Å². The number of thioether (sulfide) groups is 1. The van der Waals surface area contributed by atoms with Gasteiger partial charge in [-0.15, -0.1) is 21.5 Å². The molecule has 0 saturated carbocycles. The van der Waals surface area contributed by atoms with E-state index in [0.717, 1.165) is 16.4 Å². The molecule has 0 radical (unpaired) electrons. The molecule has 37 heavy (non-hydrogen) atoms. The molecule has 1 atom stereocenters. The molecule has 3 heterocycles. The van der Waals surface area contributed by atoms with Crippen LogP contribution in [-0.4, -0.2) is 67.8 Å². The number of benzene rings is 2. The van der Waals surface area contributed by atoms with Crippen molar-refractivity contribution in [3.8, 4) is 16.4 Å². The Bertz CT molecular complexity index is 1410. The Morgan fingerprint density at radius 3 is 2.54 bits per heavy atom. The van der Waals surface area contributed by atoms with Crippen LogP contribution in [0.1, 0.15) is 17.3 Å². The highest BCUT2D eigenvalue weighted by Crippen LogP contribution is 2.31. The lowest BCUT2D eigenvalue weighted by molar-refractivity contribution is -0.130. The SMILES string of the molecule is CC1CN(C(=O)CSc2nnc(-c3cccs3)n2-c2ccccc2)CCN1C(=O)c1ccc(Cl)c(Cl)c1. The summed E-state index contributed by atoms with van der Waals surface area (Å²) in [5.74, 6) is 0.852. The summed E-state index contributed by atoms with van der Waals surface area (Å²) in [6.07, 6.45) is 0. The first kappa shape index (κ1) is 25.8. The first-order chi connectivity index (χ1) is 17.9. The van der Waals surface area contributed by atoms with Crippen LogP contribution in [0, 0.1) is 0 Å². The van der Waals surface area contributed by atoms with E-state index in [1.165, 1.54) is 11.8 Å². The van der Waals surface area contributed by atoms with Crippen LogP contribution in [0.5, 0.6) is 0 Å². The van der Waals surface area contributed by atoms with Crippen LogP contribution < -0.4 is 0 Å². The number of hydrogen-bond donors (Lipinski definition) is 0. The summed E-state index contributed by atoms with van der Waals surface area (Å²) in [5, 5.41) is 12.2. The van der Waals surface area contributed by atoms with Gasteiger partial charge in [-0.05, 0) is 48.7 Å². The Balaban J connectivity index is 1.25. The monoisotopic (exact) mass is 571 g/mol. The molecule has 2 aromatic heterocycles. The summed E-state index contributed by atoms with van der Waals surface area (Å²) < 4.78 is 1.99. The maximum Gasteiger partial charge on any atom is 0.254 e. The minimum Gasteiger partial charge on any atom is -0.338 e. The van der Waals surface area contributed by atoms with Gasteiger partial charge in [0.2, 0.25) is 5.91 Å². The number of piperazine rings is 1. The van der Waals surface area contributed by atoms with Crippen molar-refractivity contribution >= 4 is 58.1 Å². The molecule has 1 saturated heterocycles. The van der Waals surface area contributed by atoms with Gasteiger partial charge in [-0.2, -0.15) is 0 Å². The van der Waals surface area contributed by atoms with Gasteiger partial charge in [-0.1, -0.05) is 59.2 Å². The fourth-order valence-corrected chi connectivity index (χ4v) is 6.09. The maximum absolute atomic E-state index is 13.1. The third-order valence-electron chi connectivity index (χ3n) is 6.12. The van der Waals surface area contributed by atoms with Crippen molar-refractivity contribution < 1.29 is 9.59 Å². The summed E-state index contributed by atoms with van der Waals surface area (Å²) in [5.41, 5.74) is 1.42. The van der Waals surface area contributed by atoms with Crippen LogP contribution in [0.4, 0.5) is 0 Å². The first-order valence-corrected chi connectivity index (χ1v) is 14.3. The van der Waals surface area contributed by atoms with Crippen molar-refractivity contribution in [1.82, 2.24) is 24.6 Å². The van der Waals surface area contributed by atoms with Crippen LogP contribution in [0.2, 0.25) is 10.0 Å². The molecule has 2 aromatic carbocycles. The van der Waals surface area contributed by atoms with Crippen molar-refractivity contribution in [3.05, 3.63) is 81.7 Å². The van der Waals surface area contributed by atoms with E-state index < -0.39 is 0 Å². The summed E-state index contributed by atoms with van der Waals surface area (Å²) in [6.45, 7) is 3.31. The molecule has 0 N–H and O–H groups in total. The van der Waals surface area contributed by atoms with Crippen molar-refractivity contribution in [3.63, 3.8) is 0 Å². The molecule has 1 fully saturated rings. The zero-order chi connectivity index (χ0) is 25.9. The van der Waals surface area contributed by atoms with Gasteiger partial charge in [0.25, 0.3) is 5.91 Å². The van der Waals surface area contributed by atoms with Crippen molar-refractivity contribution in [2.75, 3.05) is 25.4 Å². The van der Waals surface area contributed by atoms with Crippen molar-refractivity contribution in [1.29, 1.82) is 0 Å². The highest BCUT2D eigenvalue weighted by Gasteiger charge is 2.31. The second-order valence-electron chi connectivity index (χ2n) is 8.56. The molecule has 1 aliphatic rings. The van der Waals surface area contributed by atoms with E-state index in [-0.39, 0.29) is 23.6 Å². The van der Waals surface area contributed by atoms with Gasteiger partial charge >= 0.3 is 0 Å². The topological polar surface area (TPSA) is 71.3 Å². The fraction of sp³-hybridized carbons (Fsp3) is 0.231. The molecule has 0 spiro atoms. The lowest BCUT2D eigenvalue weighted by atomic mass is 10.1. The minimum absolute atomic E-state index is 0.00114. The molecule has 7 nitrogen and oxygen atoms in total. The number of thiophene rings is 1. The number of para-hydroxylation sites is 1. The second kappa shape index (κ2) is 11.3. The third-order valence-corrected chi connectivity index (χ3v) is 8.64. The average molecular weight is 573 g/mol. The average Bonchev–Trinajstić information content (AvgIpc) is 3.59. The van der Waals surface area contributed by atoms with Crippen LogP contribution in [0.3, 0.4) is 0 Å². The Labute approximate surface area is 233 Å². The van der Waals surface area contributed by atoms with E-state index in [4.69, 9.17) is 23.2 Å². The quantitative estimate of drug-likeness (QED) is 0.275. The molecule has 2 amide bonds. The number of carbonyl (C=O) groups is 2. The van der Waals surface area contributed by atoms with Gasteiger partial charge in [0, 0.05) is 36.9 Å². The smallest absolute Gasteiger partial charge is 0.254 e. The molecule has 5 rings (SSSR count). The van der Waals surface area contributed by atoms with Gasteiger partial charge in [0.05, 0.1) is 20.7 Å². The lowest BCUT2D eigenvalue weighted by Crippen LogP contribution is -2.55. The number of amides is 2. The van der Waals surface area contributed by atoms with Crippen LogP contribution in [-0.2, 0) is 4.79 Å². The molecule has 0 bridgehead atoms. The zero-order valence-electron chi connectivity index (χ0n) is 19.9. The molecule has 11 heteroatoms. The largest absolute Gasteiger partial charge is 0.338 e. The minimum atomic E-state index is -0.136. The van der Waals surface area contributed by atoms with Gasteiger partial charge in [0.15, 0.2) is 11.0 Å². The zero-order valence-corrected chi connectivity index (χ0v) is 23.0. The number of halogens is 2. The predicted octanol–water partition coefficient (Wildman–Crippen LogP) is 5.77. The number of carbonyl (C=O) groups excluding carboxylic acids is 2. The van der Waals surface area contributed by atoms with Crippen LogP contribution in [0.25, 0.3) is 16.4 Å². The van der Waals surface area contributed by atoms with Crippen LogP contribution in [0.15, 0.2) is 71.2 Å². The number of nitrogens with zero attached hydrogens (tertiary/aromatic N) is 5.